The number of nitrogens with one attached hydrogen (secondary N) is 1. The molecule has 4 rings (SSSR count). The molecule has 1 aromatic heterocycles. The van der Waals surface area contributed by atoms with Gasteiger partial charge >= 0.3 is 6.03 Å². The lowest BCUT2D eigenvalue weighted by Gasteiger charge is -2.20. The lowest BCUT2D eigenvalue weighted by molar-refractivity contribution is -0.131. The van der Waals surface area contributed by atoms with Crippen LogP contribution in [0.4, 0.5) is 9.93 Å². The lowest BCUT2D eigenvalue weighted by Crippen LogP contribution is -2.46. The van der Waals surface area contributed by atoms with Crippen molar-refractivity contribution in [3.05, 3.63) is 11.1 Å². The van der Waals surface area contributed by atoms with Crippen LogP contribution in [0, 0.1) is 5.92 Å². The summed E-state index contributed by atoms with van der Waals surface area (Å²) in [5.41, 5.74) is 0.0804. The fourth-order valence-corrected chi connectivity index (χ4v) is 3.96. The summed E-state index contributed by atoms with van der Waals surface area (Å²) in [6.07, 6.45) is 4.48. The fourth-order valence-electron chi connectivity index (χ4n) is 3.11. The first kappa shape index (κ1) is 14.0. The second-order valence-electron chi connectivity index (χ2n) is 6.76. The van der Waals surface area contributed by atoms with E-state index in [1.165, 1.54) is 17.7 Å². The molecule has 118 valence electrons. The van der Waals surface area contributed by atoms with Gasteiger partial charge in [0, 0.05) is 18.5 Å². The van der Waals surface area contributed by atoms with Crippen molar-refractivity contribution in [2.75, 3.05) is 11.9 Å². The van der Waals surface area contributed by atoms with Crippen molar-refractivity contribution in [3.8, 4) is 0 Å². The minimum Gasteiger partial charge on any atom is -0.348 e. The van der Waals surface area contributed by atoms with Gasteiger partial charge in [-0.15, -0.1) is 11.3 Å². The molecule has 1 saturated heterocycles. The van der Waals surface area contributed by atoms with Gasteiger partial charge < -0.3 is 10.2 Å². The fraction of sp³-hybridized carbons (Fsp3) is 0.667. The minimum absolute atomic E-state index is 0.106. The largest absolute Gasteiger partial charge is 0.348 e. The number of aromatic nitrogens is 1. The summed E-state index contributed by atoms with van der Waals surface area (Å²) in [6.45, 7) is 2.11. The Hall–Kier alpha value is -1.63. The van der Waals surface area contributed by atoms with E-state index in [-0.39, 0.29) is 18.5 Å². The lowest BCUT2D eigenvalue weighted by atomic mass is 9.96. The average molecular weight is 320 g/mol. The highest BCUT2D eigenvalue weighted by Gasteiger charge is 2.55. The number of rotatable bonds is 5. The molecule has 3 fully saturated rings. The Morgan fingerprint density at radius 3 is 2.77 bits per heavy atom. The number of carbonyl (C=O) groups is 2. The first-order valence-corrected chi connectivity index (χ1v) is 8.68. The molecule has 1 atom stereocenters. The van der Waals surface area contributed by atoms with E-state index in [1.54, 1.807) is 11.3 Å². The van der Waals surface area contributed by atoms with E-state index in [1.807, 2.05) is 12.3 Å². The predicted octanol–water partition coefficient (Wildman–Crippen LogP) is 1.96. The van der Waals surface area contributed by atoms with E-state index >= 15 is 0 Å². The molecule has 1 aromatic rings. The third-order valence-electron chi connectivity index (χ3n) is 4.95. The zero-order chi connectivity index (χ0) is 15.5. The van der Waals surface area contributed by atoms with Crippen LogP contribution >= 0.6 is 11.3 Å². The van der Waals surface area contributed by atoms with Crippen LogP contribution in [-0.4, -0.2) is 40.5 Å². The van der Waals surface area contributed by atoms with E-state index < -0.39 is 5.54 Å². The number of thiazole rings is 1. The van der Waals surface area contributed by atoms with Crippen LogP contribution in [0.1, 0.15) is 38.3 Å². The number of carbonyl (C=O) groups excluding carboxylic acids is 2. The Kier molecular flexibility index (Phi) is 2.98. The number of imide groups is 1. The third-order valence-corrected chi connectivity index (χ3v) is 5.93. The molecule has 2 saturated carbocycles. The van der Waals surface area contributed by atoms with E-state index in [4.69, 9.17) is 0 Å². The van der Waals surface area contributed by atoms with Crippen molar-refractivity contribution in [3.63, 3.8) is 0 Å². The van der Waals surface area contributed by atoms with Gasteiger partial charge in [0.2, 0.25) is 0 Å². The number of amides is 3. The van der Waals surface area contributed by atoms with Crippen LogP contribution in [0.3, 0.4) is 0 Å². The quantitative estimate of drug-likeness (QED) is 0.842. The molecule has 0 bridgehead atoms. The van der Waals surface area contributed by atoms with Crippen LogP contribution in [0.15, 0.2) is 5.38 Å². The molecule has 1 aliphatic heterocycles. The van der Waals surface area contributed by atoms with Crippen molar-refractivity contribution in [2.45, 2.75) is 50.7 Å². The van der Waals surface area contributed by atoms with Gasteiger partial charge in [-0.1, -0.05) is 0 Å². The van der Waals surface area contributed by atoms with E-state index in [0.717, 1.165) is 23.7 Å². The zero-order valence-corrected chi connectivity index (χ0v) is 13.7. The van der Waals surface area contributed by atoms with E-state index in [2.05, 4.69) is 22.2 Å². The molecule has 1 N–H and O–H groups in total. The molecule has 22 heavy (non-hydrogen) atoms. The van der Waals surface area contributed by atoms with Crippen LogP contribution < -0.4 is 10.2 Å². The maximum absolute atomic E-state index is 12.6. The van der Waals surface area contributed by atoms with Gasteiger partial charge in [0.05, 0.1) is 12.2 Å². The van der Waals surface area contributed by atoms with Crippen LogP contribution in [0.25, 0.3) is 0 Å². The van der Waals surface area contributed by atoms with Crippen molar-refractivity contribution >= 4 is 28.4 Å². The van der Waals surface area contributed by atoms with E-state index in [9.17, 15) is 9.59 Å². The summed E-state index contributed by atoms with van der Waals surface area (Å²) in [4.78, 5) is 32.8. The van der Waals surface area contributed by atoms with Crippen LogP contribution in [0.5, 0.6) is 0 Å². The van der Waals surface area contributed by atoms with Crippen molar-refractivity contribution in [1.82, 2.24) is 15.2 Å². The highest BCUT2D eigenvalue weighted by Crippen LogP contribution is 2.43. The molecule has 2 heterocycles. The molecular formula is C15H20N4O2S. The van der Waals surface area contributed by atoms with Gasteiger partial charge in [-0.25, -0.2) is 9.78 Å². The molecular weight excluding hydrogens is 300 g/mol. The molecule has 0 aromatic carbocycles. The number of hydrogen-bond acceptors (Lipinski definition) is 5. The van der Waals surface area contributed by atoms with Crippen LogP contribution in [0.2, 0.25) is 0 Å². The summed E-state index contributed by atoms with van der Waals surface area (Å²) in [5.74, 6) is 0.186. The van der Waals surface area contributed by atoms with Gasteiger partial charge in [0.1, 0.15) is 5.54 Å². The molecule has 0 spiro atoms. The van der Waals surface area contributed by atoms with Gasteiger partial charge in [-0.3, -0.25) is 9.69 Å². The Morgan fingerprint density at radius 2 is 2.14 bits per heavy atom. The maximum Gasteiger partial charge on any atom is 0.325 e. The number of urea groups is 1. The second kappa shape index (κ2) is 4.68. The first-order chi connectivity index (χ1) is 10.5. The van der Waals surface area contributed by atoms with Crippen molar-refractivity contribution < 1.29 is 9.59 Å². The topological polar surface area (TPSA) is 65.5 Å². The number of hydrogen-bond donors (Lipinski definition) is 1. The van der Waals surface area contributed by atoms with Gasteiger partial charge in [0.25, 0.3) is 5.91 Å². The molecule has 3 aliphatic rings. The van der Waals surface area contributed by atoms with Gasteiger partial charge in [-0.05, 0) is 38.5 Å². The summed E-state index contributed by atoms with van der Waals surface area (Å²) in [6, 6.07) is 0.318. The Bertz CT molecular complexity index is 637. The number of nitrogens with zero attached hydrogens (tertiary/aromatic N) is 3. The van der Waals surface area contributed by atoms with Crippen LogP contribution in [-0.2, 0) is 11.3 Å². The average Bonchev–Trinajstić information content (AvgIpc) is 3.38. The summed E-state index contributed by atoms with van der Waals surface area (Å²) >= 11 is 1.58. The second-order valence-corrected chi connectivity index (χ2v) is 7.60. The molecule has 2 aliphatic carbocycles. The third kappa shape index (κ3) is 2.18. The summed E-state index contributed by atoms with van der Waals surface area (Å²) in [7, 11) is 2.05. The van der Waals surface area contributed by atoms with E-state index in [0.29, 0.717) is 12.0 Å². The Morgan fingerprint density at radius 1 is 1.41 bits per heavy atom. The first-order valence-electron chi connectivity index (χ1n) is 7.80. The minimum atomic E-state index is -0.708. The van der Waals surface area contributed by atoms with Crippen molar-refractivity contribution in [2.24, 2.45) is 5.92 Å². The standard InChI is InChI=1S/C15H20N4O2S/c1-15(9-3-4-9)12(20)19(13(21)17-15)7-10-8-22-14(16-10)18(2)11-5-6-11/h8-9,11H,3-7H2,1-2H3,(H,17,21)/t15-/m1/s1. The monoisotopic (exact) mass is 320 g/mol. The molecule has 0 unspecified atom stereocenters. The number of anilines is 1. The molecule has 3 amide bonds. The maximum atomic E-state index is 12.6. The SMILES string of the molecule is CN(c1nc(CN2C(=O)N[C@](C)(C3CC3)C2=O)cs1)C1CC1. The van der Waals surface area contributed by atoms with Crippen molar-refractivity contribution in [1.29, 1.82) is 0 Å². The Balaban J connectivity index is 1.48. The molecule has 6 nitrogen and oxygen atoms in total. The summed E-state index contributed by atoms with van der Waals surface area (Å²) in [5, 5.41) is 5.79. The molecule has 7 heteroatoms. The predicted molar refractivity (Wildman–Crippen MR) is 83.7 cm³/mol. The zero-order valence-electron chi connectivity index (χ0n) is 12.8. The van der Waals surface area contributed by atoms with Gasteiger partial charge in [-0.2, -0.15) is 0 Å². The highest BCUT2D eigenvalue weighted by molar-refractivity contribution is 7.13. The summed E-state index contributed by atoms with van der Waals surface area (Å²) < 4.78 is 0. The normalized spacial score (nSPS) is 28.2. The smallest absolute Gasteiger partial charge is 0.325 e. The van der Waals surface area contributed by atoms with Gasteiger partial charge in [0.15, 0.2) is 5.13 Å². The molecule has 0 radical (unpaired) electrons. The highest BCUT2D eigenvalue weighted by atomic mass is 32.1. The Labute approximate surface area is 133 Å².